The Kier molecular flexibility index (Phi) is 6.36. The topological polar surface area (TPSA) is 120 Å². The number of hydrogen-bond donors (Lipinski definition) is 2. The fourth-order valence-electron chi connectivity index (χ4n) is 3.13. The lowest BCUT2D eigenvalue weighted by molar-refractivity contribution is -0.115. The van der Waals surface area contributed by atoms with E-state index in [9.17, 15) is 13.2 Å². The number of ether oxygens (including phenoxy) is 2. The van der Waals surface area contributed by atoms with Gasteiger partial charge in [-0.3, -0.25) is 9.52 Å². The Balaban J connectivity index is 1.47. The molecule has 9 nitrogen and oxygen atoms in total. The molecule has 0 radical (unpaired) electrons. The monoisotopic (exact) mass is 469 g/mol. The molecule has 3 aromatic rings. The highest BCUT2D eigenvalue weighted by molar-refractivity contribution is 7.92. The van der Waals surface area contributed by atoms with Crippen LogP contribution < -0.4 is 19.5 Å². The smallest absolute Gasteiger partial charge is 0.261 e. The van der Waals surface area contributed by atoms with Gasteiger partial charge in [0.1, 0.15) is 24.6 Å². The lowest BCUT2D eigenvalue weighted by Crippen LogP contribution is -2.16. The first-order valence-corrected chi connectivity index (χ1v) is 11.8. The summed E-state index contributed by atoms with van der Waals surface area (Å²) in [6, 6.07) is 11.2. The van der Waals surface area contributed by atoms with Crippen molar-refractivity contribution in [2.24, 2.45) is 0 Å². The molecule has 0 saturated heterocycles. The van der Waals surface area contributed by atoms with Crippen molar-refractivity contribution >= 4 is 39.5 Å². The van der Waals surface area contributed by atoms with E-state index >= 15 is 0 Å². The number of rotatable bonds is 7. The first-order valence-electron chi connectivity index (χ1n) is 10.3. The van der Waals surface area contributed by atoms with Crippen LogP contribution in [0.1, 0.15) is 30.4 Å². The molecule has 0 atom stereocenters. The van der Waals surface area contributed by atoms with Crippen molar-refractivity contribution < 1.29 is 27.2 Å². The predicted octanol–water partition coefficient (Wildman–Crippen LogP) is 4.07. The molecular formula is C23H23N3O6S. The van der Waals surface area contributed by atoms with Crippen molar-refractivity contribution in [1.29, 1.82) is 0 Å². The highest BCUT2D eigenvalue weighted by Gasteiger charge is 2.17. The van der Waals surface area contributed by atoms with Crippen molar-refractivity contribution in [3.8, 4) is 11.5 Å². The van der Waals surface area contributed by atoms with Gasteiger partial charge in [-0.15, -0.1) is 0 Å². The van der Waals surface area contributed by atoms with Gasteiger partial charge >= 0.3 is 0 Å². The number of amides is 1. The quantitative estimate of drug-likeness (QED) is 0.535. The fourth-order valence-corrected chi connectivity index (χ4v) is 4.18. The van der Waals surface area contributed by atoms with Crippen LogP contribution in [-0.2, 0) is 14.8 Å². The molecule has 0 fully saturated rings. The maximum absolute atomic E-state index is 12.8. The van der Waals surface area contributed by atoms with E-state index in [0.717, 1.165) is 5.56 Å². The zero-order chi connectivity index (χ0) is 23.4. The van der Waals surface area contributed by atoms with Crippen LogP contribution in [0, 0.1) is 6.92 Å². The summed E-state index contributed by atoms with van der Waals surface area (Å²) in [6.45, 7) is 4.37. The van der Waals surface area contributed by atoms with E-state index in [4.69, 9.17) is 14.0 Å². The largest absolute Gasteiger partial charge is 0.486 e. The number of benzene rings is 2. The Morgan fingerprint density at radius 2 is 1.79 bits per heavy atom. The van der Waals surface area contributed by atoms with Gasteiger partial charge in [-0.2, -0.15) is 0 Å². The molecule has 0 spiro atoms. The average molecular weight is 470 g/mol. The molecule has 1 aliphatic heterocycles. The summed E-state index contributed by atoms with van der Waals surface area (Å²) in [7, 11) is -3.79. The molecule has 1 amide bonds. The average Bonchev–Trinajstić information content (AvgIpc) is 3.16. The lowest BCUT2D eigenvalue weighted by Gasteiger charge is -2.19. The number of aryl methyl sites for hydroxylation is 1. The number of nitrogens with one attached hydrogen (secondary N) is 2. The van der Waals surface area contributed by atoms with E-state index in [2.05, 4.69) is 15.2 Å². The maximum atomic E-state index is 12.8. The van der Waals surface area contributed by atoms with Gasteiger partial charge in [-0.1, -0.05) is 30.3 Å². The van der Waals surface area contributed by atoms with E-state index in [1.165, 1.54) is 12.1 Å². The number of hydrogen-bond acceptors (Lipinski definition) is 7. The molecule has 1 aliphatic rings. The molecular weight excluding hydrogens is 446 g/mol. The number of anilines is 2. The third-order valence-electron chi connectivity index (χ3n) is 4.89. The summed E-state index contributed by atoms with van der Waals surface area (Å²) in [5.41, 5.74) is 2.21. The zero-order valence-electron chi connectivity index (χ0n) is 18.1. The van der Waals surface area contributed by atoms with Crippen LogP contribution in [0.3, 0.4) is 0 Å². The highest BCUT2D eigenvalue weighted by Crippen LogP contribution is 2.33. The van der Waals surface area contributed by atoms with Gasteiger partial charge in [-0.25, -0.2) is 8.42 Å². The van der Waals surface area contributed by atoms with E-state index in [1.54, 1.807) is 56.3 Å². The van der Waals surface area contributed by atoms with Crippen molar-refractivity contribution in [2.75, 3.05) is 23.3 Å². The van der Waals surface area contributed by atoms with E-state index in [-0.39, 0.29) is 10.8 Å². The molecule has 2 N–H and O–H groups in total. The van der Waals surface area contributed by atoms with Gasteiger partial charge < -0.3 is 19.3 Å². The molecule has 2 heterocycles. The maximum Gasteiger partial charge on any atom is 0.261 e. The Labute approximate surface area is 191 Å². The molecule has 0 saturated carbocycles. The third-order valence-corrected chi connectivity index (χ3v) is 6.28. The molecule has 2 aromatic carbocycles. The number of nitrogens with zero attached hydrogens (tertiary/aromatic N) is 1. The molecule has 33 heavy (non-hydrogen) atoms. The first kappa shape index (κ1) is 22.4. The number of carbonyl (C=O) groups is 1. The van der Waals surface area contributed by atoms with Gasteiger partial charge in [0.25, 0.3) is 10.0 Å². The van der Waals surface area contributed by atoms with Gasteiger partial charge in [0.15, 0.2) is 17.3 Å². The lowest BCUT2D eigenvalue weighted by atomic mass is 10.2. The van der Waals surface area contributed by atoms with Gasteiger partial charge in [0.05, 0.1) is 10.6 Å². The van der Waals surface area contributed by atoms with Crippen LogP contribution >= 0.6 is 0 Å². The summed E-state index contributed by atoms with van der Waals surface area (Å²) < 4.78 is 44.3. The minimum Gasteiger partial charge on any atom is -0.486 e. The summed E-state index contributed by atoms with van der Waals surface area (Å²) in [4.78, 5) is 11.8. The molecule has 0 unspecified atom stereocenters. The van der Waals surface area contributed by atoms with E-state index in [0.29, 0.717) is 54.0 Å². The zero-order valence-corrected chi connectivity index (χ0v) is 18.9. The van der Waals surface area contributed by atoms with Crippen molar-refractivity contribution in [2.45, 2.75) is 25.2 Å². The minimum absolute atomic E-state index is 0.112. The van der Waals surface area contributed by atoms with Crippen LogP contribution in [0.25, 0.3) is 12.2 Å². The number of aromatic nitrogens is 1. The van der Waals surface area contributed by atoms with Gasteiger partial charge in [0, 0.05) is 12.5 Å². The SMILES string of the molecule is CCC(=O)Nc1c(C)noc1/C=C\c1ccc(S(=O)(=O)Nc2ccc3c(c2)OCCO3)cc1. The summed E-state index contributed by atoms with van der Waals surface area (Å²) in [6.07, 6.45) is 3.75. The molecule has 4 rings (SSSR count). The highest BCUT2D eigenvalue weighted by atomic mass is 32.2. The molecule has 0 bridgehead atoms. The Hall–Kier alpha value is -3.79. The second kappa shape index (κ2) is 9.37. The van der Waals surface area contributed by atoms with Crippen molar-refractivity contribution in [3.05, 3.63) is 59.5 Å². The second-order valence-corrected chi connectivity index (χ2v) is 8.96. The molecule has 172 valence electrons. The number of carbonyl (C=O) groups excluding carboxylic acids is 1. The first-order chi connectivity index (χ1) is 15.9. The summed E-state index contributed by atoms with van der Waals surface area (Å²) >= 11 is 0. The van der Waals surface area contributed by atoms with Crippen LogP contribution in [0.4, 0.5) is 11.4 Å². The predicted molar refractivity (Wildman–Crippen MR) is 124 cm³/mol. The fraction of sp³-hybridized carbons (Fsp3) is 0.217. The molecule has 10 heteroatoms. The van der Waals surface area contributed by atoms with Gasteiger partial charge in [-0.05, 0) is 42.8 Å². The van der Waals surface area contributed by atoms with E-state index < -0.39 is 10.0 Å². The number of sulfonamides is 1. The van der Waals surface area contributed by atoms with Crippen molar-refractivity contribution in [1.82, 2.24) is 5.16 Å². The van der Waals surface area contributed by atoms with Crippen LogP contribution in [0.5, 0.6) is 11.5 Å². The molecule has 0 aliphatic carbocycles. The van der Waals surface area contributed by atoms with E-state index in [1.807, 2.05) is 0 Å². The van der Waals surface area contributed by atoms with Crippen molar-refractivity contribution in [3.63, 3.8) is 0 Å². The normalized spacial score (nSPS) is 13.2. The number of fused-ring (bicyclic) bond motifs is 1. The Morgan fingerprint density at radius 3 is 2.52 bits per heavy atom. The standard InChI is InChI=1S/C23H23N3O6S/c1-3-22(27)24-23-15(2)25-32-20(23)10-6-16-4-8-18(9-5-16)33(28,29)26-17-7-11-19-21(14-17)31-13-12-30-19/h4-11,14,26H,3,12-13H2,1-2H3,(H,24,27)/b10-6-. The van der Waals surface area contributed by atoms with Crippen LogP contribution in [0.2, 0.25) is 0 Å². The van der Waals surface area contributed by atoms with Crippen LogP contribution in [0.15, 0.2) is 51.9 Å². The third kappa shape index (κ3) is 5.17. The van der Waals surface area contributed by atoms with Crippen LogP contribution in [-0.4, -0.2) is 32.7 Å². The Morgan fingerprint density at radius 1 is 1.06 bits per heavy atom. The summed E-state index contributed by atoms with van der Waals surface area (Å²) in [5.74, 6) is 1.35. The second-order valence-electron chi connectivity index (χ2n) is 7.28. The minimum atomic E-state index is -3.79. The van der Waals surface area contributed by atoms with Gasteiger partial charge in [0.2, 0.25) is 5.91 Å². The Bertz CT molecular complexity index is 1300. The summed E-state index contributed by atoms with van der Waals surface area (Å²) in [5, 5.41) is 6.65. The molecule has 1 aromatic heterocycles.